The standard InChI is InChI=1S/C16H18N2O2/c1-9-15(10(2)20-18-9)11-5-6-12-13(7-11)16(3,4)8-14(12)17-19/h5-7,19H,8H2,1-4H3. The van der Waals surface area contributed by atoms with Gasteiger partial charge in [0, 0.05) is 17.5 Å². The van der Waals surface area contributed by atoms with Crippen molar-refractivity contribution in [3.8, 4) is 11.1 Å². The van der Waals surface area contributed by atoms with Crippen LogP contribution in [-0.4, -0.2) is 16.1 Å². The van der Waals surface area contributed by atoms with E-state index in [1.807, 2.05) is 26.0 Å². The molecule has 0 saturated carbocycles. The Hall–Kier alpha value is -2.10. The van der Waals surface area contributed by atoms with E-state index in [-0.39, 0.29) is 5.41 Å². The van der Waals surface area contributed by atoms with Gasteiger partial charge in [-0.2, -0.15) is 0 Å². The lowest BCUT2D eigenvalue weighted by Crippen LogP contribution is -2.12. The zero-order chi connectivity index (χ0) is 14.5. The molecule has 1 aliphatic rings. The van der Waals surface area contributed by atoms with E-state index in [1.54, 1.807) is 0 Å². The summed E-state index contributed by atoms with van der Waals surface area (Å²) in [4.78, 5) is 0. The van der Waals surface area contributed by atoms with Crippen LogP contribution in [0.5, 0.6) is 0 Å². The molecule has 1 aromatic carbocycles. The Bertz CT molecular complexity index is 692. The molecular weight excluding hydrogens is 252 g/mol. The van der Waals surface area contributed by atoms with Crippen molar-refractivity contribution in [3.05, 3.63) is 40.8 Å². The first-order valence-electron chi connectivity index (χ1n) is 6.73. The first kappa shape index (κ1) is 12.9. The van der Waals surface area contributed by atoms with Crippen LogP contribution in [0.2, 0.25) is 0 Å². The van der Waals surface area contributed by atoms with Gasteiger partial charge in [-0.25, -0.2) is 0 Å². The van der Waals surface area contributed by atoms with Crippen LogP contribution in [0.4, 0.5) is 0 Å². The maximum absolute atomic E-state index is 9.15. The average Bonchev–Trinajstić information content (AvgIpc) is 2.87. The minimum atomic E-state index is -0.0219. The smallest absolute Gasteiger partial charge is 0.141 e. The molecule has 0 spiro atoms. The highest BCUT2D eigenvalue weighted by Crippen LogP contribution is 2.41. The highest BCUT2D eigenvalue weighted by Gasteiger charge is 2.35. The summed E-state index contributed by atoms with van der Waals surface area (Å²) in [6, 6.07) is 6.23. The minimum absolute atomic E-state index is 0.0219. The number of hydrogen-bond donors (Lipinski definition) is 1. The van der Waals surface area contributed by atoms with Crippen molar-refractivity contribution in [2.75, 3.05) is 0 Å². The molecule has 1 N–H and O–H groups in total. The van der Waals surface area contributed by atoms with Crippen LogP contribution >= 0.6 is 0 Å². The van der Waals surface area contributed by atoms with Crippen LogP contribution in [0.3, 0.4) is 0 Å². The fourth-order valence-electron chi connectivity index (χ4n) is 3.10. The van der Waals surface area contributed by atoms with E-state index >= 15 is 0 Å². The quantitative estimate of drug-likeness (QED) is 0.633. The van der Waals surface area contributed by atoms with Gasteiger partial charge in [-0.05, 0) is 36.5 Å². The molecule has 0 saturated heterocycles. The van der Waals surface area contributed by atoms with E-state index in [0.29, 0.717) is 0 Å². The molecule has 1 aliphatic carbocycles. The molecule has 2 aromatic rings. The van der Waals surface area contributed by atoms with Crippen LogP contribution in [0, 0.1) is 13.8 Å². The maximum atomic E-state index is 9.15. The Labute approximate surface area is 118 Å². The van der Waals surface area contributed by atoms with Crippen LogP contribution in [0.15, 0.2) is 27.9 Å². The molecule has 20 heavy (non-hydrogen) atoms. The molecule has 1 heterocycles. The summed E-state index contributed by atoms with van der Waals surface area (Å²) in [6.45, 7) is 8.21. The number of benzene rings is 1. The third-order valence-corrected chi connectivity index (χ3v) is 4.11. The number of aryl methyl sites for hydroxylation is 2. The third-order valence-electron chi connectivity index (χ3n) is 4.11. The van der Waals surface area contributed by atoms with Crippen LogP contribution in [0.25, 0.3) is 11.1 Å². The van der Waals surface area contributed by atoms with Gasteiger partial charge in [0.25, 0.3) is 0 Å². The van der Waals surface area contributed by atoms with Gasteiger partial charge in [0.2, 0.25) is 0 Å². The van der Waals surface area contributed by atoms with E-state index in [9.17, 15) is 0 Å². The molecule has 4 heteroatoms. The Kier molecular flexibility index (Phi) is 2.71. The lowest BCUT2D eigenvalue weighted by molar-refractivity contribution is 0.317. The monoisotopic (exact) mass is 270 g/mol. The number of hydrogen-bond acceptors (Lipinski definition) is 4. The second kappa shape index (κ2) is 4.20. The van der Waals surface area contributed by atoms with Crippen molar-refractivity contribution in [1.82, 2.24) is 5.16 Å². The first-order valence-corrected chi connectivity index (χ1v) is 6.73. The van der Waals surface area contributed by atoms with Gasteiger partial charge in [0.15, 0.2) is 0 Å². The van der Waals surface area contributed by atoms with Crippen molar-refractivity contribution in [1.29, 1.82) is 0 Å². The zero-order valence-electron chi connectivity index (χ0n) is 12.2. The average molecular weight is 270 g/mol. The van der Waals surface area contributed by atoms with Crippen LogP contribution in [-0.2, 0) is 5.41 Å². The second-order valence-corrected chi connectivity index (χ2v) is 6.07. The third kappa shape index (κ3) is 1.75. The molecule has 3 rings (SSSR count). The zero-order valence-corrected chi connectivity index (χ0v) is 12.2. The molecule has 4 nitrogen and oxygen atoms in total. The molecular formula is C16H18N2O2. The molecule has 0 radical (unpaired) electrons. The lowest BCUT2D eigenvalue weighted by Gasteiger charge is -2.18. The number of rotatable bonds is 1. The Balaban J connectivity index is 2.20. The first-order chi connectivity index (χ1) is 9.44. The summed E-state index contributed by atoms with van der Waals surface area (Å²) in [5.74, 6) is 0.828. The van der Waals surface area contributed by atoms with Gasteiger partial charge in [-0.1, -0.05) is 36.3 Å². The van der Waals surface area contributed by atoms with Crippen molar-refractivity contribution in [3.63, 3.8) is 0 Å². The molecule has 0 atom stereocenters. The summed E-state index contributed by atoms with van der Waals surface area (Å²) in [7, 11) is 0. The predicted molar refractivity (Wildman–Crippen MR) is 77.4 cm³/mol. The number of aromatic nitrogens is 1. The van der Waals surface area contributed by atoms with Crippen molar-refractivity contribution < 1.29 is 9.73 Å². The SMILES string of the molecule is Cc1noc(C)c1-c1ccc2c(c1)C(C)(C)CC2=NO. The van der Waals surface area contributed by atoms with Gasteiger partial charge in [0.05, 0.1) is 11.4 Å². The summed E-state index contributed by atoms with van der Waals surface area (Å²) >= 11 is 0. The van der Waals surface area contributed by atoms with Crippen molar-refractivity contribution in [2.45, 2.75) is 39.5 Å². The van der Waals surface area contributed by atoms with E-state index in [2.05, 4.69) is 30.2 Å². The van der Waals surface area contributed by atoms with E-state index in [0.717, 1.165) is 40.3 Å². The summed E-state index contributed by atoms with van der Waals surface area (Å²) in [5.41, 5.74) is 6.04. The highest BCUT2D eigenvalue weighted by atomic mass is 16.5. The van der Waals surface area contributed by atoms with Crippen LogP contribution in [0.1, 0.15) is 42.8 Å². The van der Waals surface area contributed by atoms with Gasteiger partial charge in [-0.3, -0.25) is 0 Å². The second-order valence-electron chi connectivity index (χ2n) is 6.07. The fraction of sp³-hybridized carbons (Fsp3) is 0.375. The van der Waals surface area contributed by atoms with Crippen LogP contribution < -0.4 is 0 Å². The number of fused-ring (bicyclic) bond motifs is 1. The van der Waals surface area contributed by atoms with Gasteiger partial charge in [0.1, 0.15) is 5.76 Å². The fourth-order valence-corrected chi connectivity index (χ4v) is 3.10. The predicted octanol–water partition coefficient (Wildman–Crippen LogP) is 3.82. The number of nitrogens with zero attached hydrogens (tertiary/aromatic N) is 2. The molecule has 0 unspecified atom stereocenters. The Morgan fingerprint density at radius 1 is 1.30 bits per heavy atom. The molecule has 0 fully saturated rings. The lowest BCUT2D eigenvalue weighted by atomic mass is 9.85. The van der Waals surface area contributed by atoms with E-state index in [4.69, 9.17) is 9.73 Å². The van der Waals surface area contributed by atoms with Crippen molar-refractivity contribution in [2.24, 2.45) is 5.16 Å². The topological polar surface area (TPSA) is 58.6 Å². The summed E-state index contributed by atoms with van der Waals surface area (Å²) in [5, 5.41) is 16.6. The van der Waals surface area contributed by atoms with Gasteiger partial charge >= 0.3 is 0 Å². The Morgan fingerprint density at radius 3 is 2.65 bits per heavy atom. The maximum Gasteiger partial charge on any atom is 0.141 e. The molecule has 1 aromatic heterocycles. The Morgan fingerprint density at radius 2 is 2.05 bits per heavy atom. The molecule has 0 aliphatic heterocycles. The number of oxime groups is 1. The summed E-state index contributed by atoms with van der Waals surface area (Å²) in [6.07, 6.45) is 0.754. The minimum Gasteiger partial charge on any atom is -0.411 e. The molecule has 104 valence electrons. The highest BCUT2D eigenvalue weighted by molar-refractivity contribution is 6.06. The van der Waals surface area contributed by atoms with Gasteiger partial charge in [-0.15, -0.1) is 0 Å². The normalized spacial score (nSPS) is 18.5. The largest absolute Gasteiger partial charge is 0.411 e. The molecule has 0 bridgehead atoms. The van der Waals surface area contributed by atoms with Crippen molar-refractivity contribution >= 4 is 5.71 Å². The molecule has 0 amide bonds. The summed E-state index contributed by atoms with van der Waals surface area (Å²) < 4.78 is 5.25. The van der Waals surface area contributed by atoms with E-state index in [1.165, 1.54) is 5.56 Å². The van der Waals surface area contributed by atoms with E-state index < -0.39 is 0 Å². The van der Waals surface area contributed by atoms with Gasteiger partial charge < -0.3 is 9.73 Å².